The summed E-state index contributed by atoms with van der Waals surface area (Å²) < 4.78 is 1.72. The predicted molar refractivity (Wildman–Crippen MR) is 83.7 cm³/mol. The summed E-state index contributed by atoms with van der Waals surface area (Å²) in [6, 6.07) is 9.73. The zero-order chi connectivity index (χ0) is 16.0. The third kappa shape index (κ3) is 2.30. The Morgan fingerprint density at radius 2 is 2.22 bits per heavy atom. The highest BCUT2D eigenvalue weighted by molar-refractivity contribution is 5.79. The lowest BCUT2D eigenvalue weighted by atomic mass is 9.81. The van der Waals surface area contributed by atoms with Crippen molar-refractivity contribution in [2.24, 2.45) is 5.92 Å². The number of hydrogen-bond acceptors (Lipinski definition) is 5. The molecule has 2 aromatic heterocycles. The maximum absolute atomic E-state index is 11.7. The molecule has 0 fully saturated rings. The number of anilines is 1. The van der Waals surface area contributed by atoms with Crippen LogP contribution in [0, 0.1) is 5.92 Å². The van der Waals surface area contributed by atoms with Crippen LogP contribution in [0.5, 0.6) is 0 Å². The molecule has 1 aromatic carbocycles. The summed E-state index contributed by atoms with van der Waals surface area (Å²) in [6.45, 7) is 0.461. The van der Waals surface area contributed by atoms with Crippen LogP contribution in [0.1, 0.15) is 17.3 Å². The van der Waals surface area contributed by atoms with Gasteiger partial charge in [0, 0.05) is 23.9 Å². The number of hydrogen-bond donors (Lipinski definition) is 2. The van der Waals surface area contributed by atoms with Crippen molar-refractivity contribution in [1.29, 1.82) is 0 Å². The van der Waals surface area contributed by atoms with E-state index in [0.717, 1.165) is 16.5 Å². The second kappa shape index (κ2) is 5.05. The summed E-state index contributed by atoms with van der Waals surface area (Å²) in [5.41, 5.74) is 7.50. The molecule has 1 aliphatic rings. The van der Waals surface area contributed by atoms with Crippen molar-refractivity contribution in [3.8, 4) is 0 Å². The Kier molecular flexibility index (Phi) is 3.00. The van der Waals surface area contributed by atoms with E-state index >= 15 is 0 Å². The van der Waals surface area contributed by atoms with Gasteiger partial charge in [-0.1, -0.05) is 12.1 Å². The molecule has 23 heavy (non-hydrogen) atoms. The molecule has 7 nitrogen and oxygen atoms in total. The summed E-state index contributed by atoms with van der Waals surface area (Å²) >= 11 is 0. The third-order valence-electron chi connectivity index (χ3n) is 4.39. The average molecular weight is 309 g/mol. The molecule has 116 valence electrons. The van der Waals surface area contributed by atoms with Gasteiger partial charge in [-0.15, -0.1) is 5.10 Å². The SMILES string of the molecule is Nc1nc2n(n1)CC(c1ccc3ncccc3c1)C(C(=O)O)C2. The Balaban J connectivity index is 1.79. The molecule has 0 spiro atoms. The van der Waals surface area contributed by atoms with Gasteiger partial charge in [-0.2, -0.15) is 4.98 Å². The Labute approximate surface area is 131 Å². The maximum atomic E-state index is 11.7. The number of aromatic nitrogens is 4. The van der Waals surface area contributed by atoms with E-state index < -0.39 is 11.9 Å². The molecule has 0 radical (unpaired) electrons. The van der Waals surface area contributed by atoms with Crippen molar-refractivity contribution < 1.29 is 9.90 Å². The predicted octanol–water partition coefficient (Wildman–Crippen LogP) is 1.45. The molecule has 3 heterocycles. The first-order chi connectivity index (χ1) is 11.1. The number of nitrogens with two attached hydrogens (primary N) is 1. The van der Waals surface area contributed by atoms with Crippen LogP contribution in [-0.2, 0) is 17.8 Å². The molecule has 2 atom stereocenters. The molecule has 3 aromatic rings. The highest BCUT2D eigenvalue weighted by Crippen LogP contribution is 2.34. The van der Waals surface area contributed by atoms with Crippen molar-refractivity contribution >= 4 is 22.8 Å². The quantitative estimate of drug-likeness (QED) is 0.742. The van der Waals surface area contributed by atoms with Gasteiger partial charge in [0.15, 0.2) is 0 Å². The molecule has 0 bridgehead atoms. The van der Waals surface area contributed by atoms with Gasteiger partial charge in [0.05, 0.1) is 18.0 Å². The lowest BCUT2D eigenvalue weighted by Crippen LogP contribution is -2.33. The van der Waals surface area contributed by atoms with Crippen molar-refractivity contribution in [3.63, 3.8) is 0 Å². The number of nitrogen functional groups attached to an aromatic ring is 1. The van der Waals surface area contributed by atoms with Crippen LogP contribution < -0.4 is 5.73 Å². The van der Waals surface area contributed by atoms with Gasteiger partial charge in [-0.3, -0.25) is 9.78 Å². The van der Waals surface area contributed by atoms with E-state index in [1.54, 1.807) is 10.9 Å². The van der Waals surface area contributed by atoms with Gasteiger partial charge in [0.2, 0.25) is 5.95 Å². The van der Waals surface area contributed by atoms with Gasteiger partial charge in [0.25, 0.3) is 0 Å². The second-order valence-corrected chi connectivity index (χ2v) is 5.78. The van der Waals surface area contributed by atoms with Gasteiger partial charge in [-0.25, -0.2) is 4.68 Å². The summed E-state index contributed by atoms with van der Waals surface area (Å²) in [5.74, 6) is -0.721. The zero-order valence-corrected chi connectivity index (χ0v) is 12.3. The Hall–Kier alpha value is -2.96. The number of carboxylic acid groups (broad SMARTS) is 1. The van der Waals surface area contributed by atoms with Crippen molar-refractivity contribution in [2.75, 3.05) is 5.73 Å². The molecule has 0 amide bonds. The third-order valence-corrected chi connectivity index (χ3v) is 4.39. The number of pyridine rings is 1. The fourth-order valence-electron chi connectivity index (χ4n) is 3.27. The number of aliphatic carboxylic acids is 1. The summed E-state index contributed by atoms with van der Waals surface area (Å²) in [4.78, 5) is 20.1. The maximum Gasteiger partial charge on any atom is 0.307 e. The largest absolute Gasteiger partial charge is 0.481 e. The first-order valence-corrected chi connectivity index (χ1v) is 7.38. The normalized spacial score (nSPS) is 20.3. The summed E-state index contributed by atoms with van der Waals surface area (Å²) in [6.07, 6.45) is 2.07. The minimum atomic E-state index is -0.825. The Bertz CT molecular complexity index is 904. The Morgan fingerprint density at radius 1 is 1.35 bits per heavy atom. The monoisotopic (exact) mass is 309 g/mol. The van der Waals surface area contributed by atoms with Crippen LogP contribution >= 0.6 is 0 Å². The fraction of sp³-hybridized carbons (Fsp3) is 0.250. The van der Waals surface area contributed by atoms with Gasteiger partial charge < -0.3 is 10.8 Å². The molecule has 1 aliphatic heterocycles. The highest BCUT2D eigenvalue weighted by Gasteiger charge is 2.36. The molecular weight excluding hydrogens is 294 g/mol. The van der Waals surface area contributed by atoms with E-state index in [4.69, 9.17) is 5.73 Å². The number of carbonyl (C=O) groups is 1. The number of rotatable bonds is 2. The van der Waals surface area contributed by atoms with E-state index in [9.17, 15) is 9.90 Å². The molecule has 0 saturated heterocycles. The summed E-state index contributed by atoms with van der Waals surface area (Å²) in [5, 5.41) is 14.8. The average Bonchev–Trinajstić information content (AvgIpc) is 2.92. The molecule has 7 heteroatoms. The van der Waals surface area contributed by atoms with Gasteiger partial charge in [-0.05, 0) is 23.8 Å². The molecule has 0 saturated carbocycles. The minimum absolute atomic E-state index is 0.175. The number of carboxylic acids is 1. The number of benzene rings is 1. The smallest absolute Gasteiger partial charge is 0.307 e. The van der Waals surface area contributed by atoms with Crippen LogP contribution in [0.4, 0.5) is 5.95 Å². The molecule has 2 unspecified atom stereocenters. The van der Waals surface area contributed by atoms with Crippen LogP contribution in [0.3, 0.4) is 0 Å². The number of fused-ring (bicyclic) bond motifs is 2. The van der Waals surface area contributed by atoms with Gasteiger partial charge >= 0.3 is 5.97 Å². The topological polar surface area (TPSA) is 107 Å². The second-order valence-electron chi connectivity index (χ2n) is 5.78. The van der Waals surface area contributed by atoms with Crippen LogP contribution in [0.25, 0.3) is 10.9 Å². The van der Waals surface area contributed by atoms with Crippen molar-refractivity contribution in [2.45, 2.75) is 18.9 Å². The zero-order valence-electron chi connectivity index (χ0n) is 12.3. The molecule has 4 rings (SSSR count). The van der Waals surface area contributed by atoms with Crippen molar-refractivity contribution in [1.82, 2.24) is 19.7 Å². The minimum Gasteiger partial charge on any atom is -0.481 e. The summed E-state index contributed by atoms with van der Waals surface area (Å²) in [7, 11) is 0. The first kappa shape index (κ1) is 13.7. The lowest BCUT2D eigenvalue weighted by Gasteiger charge is -2.29. The van der Waals surface area contributed by atoms with E-state index in [0.29, 0.717) is 18.8 Å². The van der Waals surface area contributed by atoms with E-state index in [1.165, 1.54) is 0 Å². The fourth-order valence-corrected chi connectivity index (χ4v) is 3.27. The highest BCUT2D eigenvalue weighted by atomic mass is 16.4. The molecule has 0 aliphatic carbocycles. The van der Waals surface area contributed by atoms with Gasteiger partial charge in [0.1, 0.15) is 5.82 Å². The molecule has 3 N–H and O–H groups in total. The number of nitrogens with zero attached hydrogens (tertiary/aromatic N) is 4. The first-order valence-electron chi connectivity index (χ1n) is 7.38. The Morgan fingerprint density at radius 3 is 3.04 bits per heavy atom. The van der Waals surface area contributed by atoms with E-state index in [-0.39, 0.29) is 11.9 Å². The van der Waals surface area contributed by atoms with Crippen LogP contribution in [0.2, 0.25) is 0 Å². The van der Waals surface area contributed by atoms with E-state index in [1.807, 2.05) is 30.3 Å². The van der Waals surface area contributed by atoms with Crippen LogP contribution in [-0.4, -0.2) is 30.8 Å². The van der Waals surface area contributed by atoms with Crippen molar-refractivity contribution in [3.05, 3.63) is 47.9 Å². The standard InChI is InChI=1S/C16H15N5O2/c17-16-19-14-7-11(15(22)23)12(8-21(14)20-16)9-3-4-13-10(6-9)2-1-5-18-13/h1-6,11-12H,7-8H2,(H2,17,20)(H,22,23). The van der Waals surface area contributed by atoms with E-state index in [2.05, 4.69) is 15.1 Å². The van der Waals surface area contributed by atoms with Crippen LogP contribution in [0.15, 0.2) is 36.5 Å². The lowest BCUT2D eigenvalue weighted by molar-refractivity contribution is -0.143. The molecular formula is C16H15N5O2.